The normalized spacial score (nSPS) is 20.8. The molecule has 0 spiro atoms. The molecule has 19 heavy (non-hydrogen) atoms. The number of rotatable bonds is 2. The Morgan fingerprint density at radius 2 is 2.11 bits per heavy atom. The zero-order chi connectivity index (χ0) is 13.6. The first-order chi connectivity index (χ1) is 9.06. The largest absolute Gasteiger partial charge is 0.324 e. The van der Waals surface area contributed by atoms with Crippen LogP contribution in [0, 0.1) is 6.92 Å². The molecule has 1 aromatic heterocycles. The van der Waals surface area contributed by atoms with Crippen LogP contribution in [0.1, 0.15) is 43.6 Å². The molecule has 2 heterocycles. The fourth-order valence-corrected chi connectivity index (χ4v) is 3.17. The van der Waals surface area contributed by atoms with E-state index in [4.69, 9.17) is 4.98 Å². The fraction of sp³-hybridized carbons (Fsp3) is 0.562. The van der Waals surface area contributed by atoms with E-state index in [1.54, 1.807) is 0 Å². The van der Waals surface area contributed by atoms with Crippen LogP contribution in [0.25, 0.3) is 11.0 Å². The topological polar surface area (TPSA) is 21.1 Å². The van der Waals surface area contributed by atoms with Crippen molar-refractivity contribution in [2.45, 2.75) is 39.2 Å². The standard InChI is InChI=1S/C16H23N3/c1-11(2)13-5-6-15-16(9-13)19(12(3)17-15)14-7-8-18(4)10-14/h5-6,9,11,14H,7-8,10H2,1-4H3/t14-/m1/s1. The van der Waals surface area contributed by atoms with Gasteiger partial charge in [-0.05, 0) is 50.6 Å². The molecular weight excluding hydrogens is 234 g/mol. The van der Waals surface area contributed by atoms with Crippen LogP contribution in [0.2, 0.25) is 0 Å². The molecule has 1 aliphatic heterocycles. The average Bonchev–Trinajstić information content (AvgIpc) is 2.90. The monoisotopic (exact) mass is 257 g/mol. The summed E-state index contributed by atoms with van der Waals surface area (Å²) < 4.78 is 2.45. The summed E-state index contributed by atoms with van der Waals surface area (Å²) in [5.74, 6) is 1.72. The zero-order valence-electron chi connectivity index (χ0n) is 12.3. The van der Waals surface area contributed by atoms with Gasteiger partial charge in [0.25, 0.3) is 0 Å². The molecule has 0 saturated carbocycles. The molecule has 1 aliphatic rings. The van der Waals surface area contributed by atoms with Gasteiger partial charge in [-0.2, -0.15) is 0 Å². The molecule has 0 amide bonds. The molecule has 3 nitrogen and oxygen atoms in total. The summed E-state index contributed by atoms with van der Waals surface area (Å²) in [6.45, 7) is 8.95. The predicted molar refractivity (Wildman–Crippen MR) is 79.7 cm³/mol. The summed E-state index contributed by atoms with van der Waals surface area (Å²) in [5.41, 5.74) is 3.85. The third kappa shape index (κ3) is 2.16. The second kappa shape index (κ2) is 4.64. The smallest absolute Gasteiger partial charge is 0.107 e. The van der Waals surface area contributed by atoms with Crippen molar-refractivity contribution in [1.29, 1.82) is 0 Å². The van der Waals surface area contributed by atoms with Crippen LogP contribution in [-0.2, 0) is 0 Å². The summed E-state index contributed by atoms with van der Waals surface area (Å²) in [4.78, 5) is 7.13. The van der Waals surface area contributed by atoms with Crippen LogP contribution in [0.15, 0.2) is 18.2 Å². The number of aromatic nitrogens is 2. The number of aryl methyl sites for hydroxylation is 1. The fourth-order valence-electron chi connectivity index (χ4n) is 3.17. The van der Waals surface area contributed by atoms with Crippen LogP contribution in [-0.4, -0.2) is 34.6 Å². The molecule has 102 valence electrons. The van der Waals surface area contributed by atoms with Crippen LogP contribution in [0.5, 0.6) is 0 Å². The van der Waals surface area contributed by atoms with Crippen molar-refractivity contribution in [3.05, 3.63) is 29.6 Å². The molecule has 0 radical (unpaired) electrons. The summed E-state index contributed by atoms with van der Waals surface area (Å²) in [6, 6.07) is 7.30. The van der Waals surface area contributed by atoms with Gasteiger partial charge < -0.3 is 9.47 Å². The van der Waals surface area contributed by atoms with Gasteiger partial charge in [0, 0.05) is 12.6 Å². The first kappa shape index (κ1) is 12.7. The summed E-state index contributed by atoms with van der Waals surface area (Å²) in [7, 11) is 2.20. The third-order valence-corrected chi connectivity index (χ3v) is 4.29. The second-order valence-corrected chi connectivity index (χ2v) is 6.14. The van der Waals surface area contributed by atoms with Gasteiger partial charge in [-0.25, -0.2) is 4.98 Å². The quantitative estimate of drug-likeness (QED) is 0.822. The van der Waals surface area contributed by atoms with Crippen molar-refractivity contribution >= 4 is 11.0 Å². The van der Waals surface area contributed by atoms with Gasteiger partial charge in [0.2, 0.25) is 0 Å². The minimum atomic E-state index is 0.569. The van der Waals surface area contributed by atoms with Crippen molar-refractivity contribution in [2.75, 3.05) is 20.1 Å². The number of imidazole rings is 1. The van der Waals surface area contributed by atoms with Gasteiger partial charge in [-0.15, -0.1) is 0 Å². The van der Waals surface area contributed by atoms with Crippen LogP contribution in [0.3, 0.4) is 0 Å². The third-order valence-electron chi connectivity index (χ3n) is 4.29. The number of hydrogen-bond donors (Lipinski definition) is 0. The van der Waals surface area contributed by atoms with Crippen molar-refractivity contribution in [3.8, 4) is 0 Å². The molecule has 2 aromatic rings. The molecule has 1 atom stereocenters. The first-order valence-corrected chi connectivity index (χ1v) is 7.23. The number of nitrogens with zero attached hydrogens (tertiary/aromatic N) is 3. The van der Waals surface area contributed by atoms with Gasteiger partial charge >= 0.3 is 0 Å². The minimum absolute atomic E-state index is 0.569. The molecule has 1 saturated heterocycles. The van der Waals surface area contributed by atoms with E-state index in [0.717, 1.165) is 17.9 Å². The lowest BCUT2D eigenvalue weighted by Crippen LogP contribution is -2.17. The summed E-state index contributed by atoms with van der Waals surface area (Å²) in [6.07, 6.45) is 1.23. The van der Waals surface area contributed by atoms with E-state index in [1.165, 1.54) is 24.0 Å². The highest BCUT2D eigenvalue weighted by atomic mass is 15.2. The van der Waals surface area contributed by atoms with Gasteiger partial charge in [0.05, 0.1) is 11.0 Å². The Morgan fingerprint density at radius 3 is 2.74 bits per heavy atom. The second-order valence-electron chi connectivity index (χ2n) is 6.14. The molecule has 0 aliphatic carbocycles. The van der Waals surface area contributed by atoms with Gasteiger partial charge in [-0.3, -0.25) is 0 Å². The van der Waals surface area contributed by atoms with E-state index >= 15 is 0 Å². The molecule has 1 fully saturated rings. The zero-order valence-corrected chi connectivity index (χ0v) is 12.3. The number of hydrogen-bond acceptors (Lipinski definition) is 2. The minimum Gasteiger partial charge on any atom is -0.324 e. The molecular formula is C16H23N3. The first-order valence-electron chi connectivity index (χ1n) is 7.23. The number of fused-ring (bicyclic) bond motifs is 1. The van der Waals surface area contributed by atoms with Gasteiger partial charge in [0.1, 0.15) is 5.82 Å². The molecule has 1 aromatic carbocycles. The highest BCUT2D eigenvalue weighted by molar-refractivity contribution is 5.77. The molecule has 0 bridgehead atoms. The Balaban J connectivity index is 2.11. The van der Waals surface area contributed by atoms with Crippen LogP contribution in [0.4, 0.5) is 0 Å². The molecule has 3 rings (SSSR count). The van der Waals surface area contributed by atoms with E-state index < -0.39 is 0 Å². The Hall–Kier alpha value is -1.35. The molecule has 3 heteroatoms. The maximum absolute atomic E-state index is 4.73. The number of benzene rings is 1. The highest BCUT2D eigenvalue weighted by Gasteiger charge is 2.24. The van der Waals surface area contributed by atoms with Crippen molar-refractivity contribution in [3.63, 3.8) is 0 Å². The van der Waals surface area contributed by atoms with Crippen molar-refractivity contribution < 1.29 is 0 Å². The SMILES string of the molecule is Cc1nc2ccc(C(C)C)cc2n1[C@@H]1CCN(C)C1. The van der Waals surface area contributed by atoms with Crippen molar-refractivity contribution in [2.24, 2.45) is 0 Å². The predicted octanol–water partition coefficient (Wildman–Crippen LogP) is 3.34. The highest BCUT2D eigenvalue weighted by Crippen LogP contribution is 2.29. The maximum atomic E-state index is 4.73. The Bertz CT molecular complexity index is 597. The van der Waals surface area contributed by atoms with Crippen LogP contribution >= 0.6 is 0 Å². The van der Waals surface area contributed by atoms with Gasteiger partial charge in [0.15, 0.2) is 0 Å². The lowest BCUT2D eigenvalue weighted by molar-refractivity contribution is 0.393. The van der Waals surface area contributed by atoms with E-state index in [-0.39, 0.29) is 0 Å². The lowest BCUT2D eigenvalue weighted by Gasteiger charge is -2.16. The van der Waals surface area contributed by atoms with E-state index in [1.807, 2.05) is 0 Å². The summed E-state index contributed by atoms with van der Waals surface area (Å²) in [5, 5.41) is 0. The number of likely N-dealkylation sites (tertiary alicyclic amines) is 1. The molecule has 0 N–H and O–H groups in total. The van der Waals surface area contributed by atoms with Crippen molar-refractivity contribution in [1.82, 2.24) is 14.5 Å². The van der Waals surface area contributed by atoms with Gasteiger partial charge in [-0.1, -0.05) is 19.9 Å². The molecule has 0 unspecified atom stereocenters. The van der Waals surface area contributed by atoms with E-state index in [2.05, 4.69) is 55.5 Å². The Kier molecular flexibility index (Phi) is 3.09. The number of likely N-dealkylation sites (N-methyl/N-ethyl adjacent to an activating group) is 1. The Labute approximate surface area is 115 Å². The average molecular weight is 257 g/mol. The summed E-state index contributed by atoms with van der Waals surface area (Å²) >= 11 is 0. The van der Waals surface area contributed by atoms with Crippen LogP contribution < -0.4 is 0 Å². The van der Waals surface area contributed by atoms with E-state index in [0.29, 0.717) is 12.0 Å². The lowest BCUT2D eigenvalue weighted by atomic mass is 10.0. The van der Waals surface area contributed by atoms with E-state index in [9.17, 15) is 0 Å². The maximum Gasteiger partial charge on any atom is 0.107 e. The Morgan fingerprint density at radius 1 is 1.32 bits per heavy atom.